The fourth-order valence-corrected chi connectivity index (χ4v) is 3.68. The van der Waals surface area contributed by atoms with Gasteiger partial charge in [0.05, 0.1) is 0 Å². The molecular weight excluding hydrogens is 386 g/mol. The normalized spacial score (nSPS) is 12.5. The molecule has 0 amide bonds. The Bertz CT molecular complexity index is 1000. The van der Waals surface area contributed by atoms with Gasteiger partial charge in [-0.05, 0) is 47.4 Å². The summed E-state index contributed by atoms with van der Waals surface area (Å²) in [6, 6.07) is 5.93. The van der Waals surface area contributed by atoms with Gasteiger partial charge in [0.15, 0.2) is 9.54 Å². The lowest BCUT2D eigenvalue weighted by molar-refractivity contribution is 0.341. The standard InChI is InChI=1S/C21H29N5S2/c1-20(2,3)14-23-10-12-25(18(23)27)16-8-7-9-17(22-16)26-13-11-24(19(26)28)15-21(4,5)6/h7-13H,14-15H2,1-6H3. The first kappa shape index (κ1) is 20.7. The topological polar surface area (TPSA) is 32.6 Å². The molecule has 0 aromatic carbocycles. The molecule has 0 atom stereocenters. The molecule has 28 heavy (non-hydrogen) atoms. The van der Waals surface area contributed by atoms with E-state index in [1.807, 2.05) is 52.1 Å². The average Bonchev–Trinajstić information content (AvgIpc) is 3.09. The van der Waals surface area contributed by atoms with Gasteiger partial charge in [-0.2, -0.15) is 0 Å². The molecule has 3 aromatic rings. The number of rotatable bonds is 4. The lowest BCUT2D eigenvalue weighted by Gasteiger charge is -2.18. The highest BCUT2D eigenvalue weighted by atomic mass is 32.1. The van der Waals surface area contributed by atoms with E-state index in [9.17, 15) is 0 Å². The molecule has 0 saturated heterocycles. The number of hydrogen-bond acceptors (Lipinski definition) is 3. The van der Waals surface area contributed by atoms with Gasteiger partial charge in [-0.25, -0.2) is 4.98 Å². The Balaban J connectivity index is 1.97. The number of hydrogen-bond donors (Lipinski definition) is 0. The summed E-state index contributed by atoms with van der Waals surface area (Å²) >= 11 is 11.4. The van der Waals surface area contributed by atoms with Gasteiger partial charge in [0.1, 0.15) is 11.6 Å². The van der Waals surface area contributed by atoms with E-state index in [0.29, 0.717) is 0 Å². The molecule has 0 bridgehead atoms. The summed E-state index contributed by atoms with van der Waals surface area (Å²) in [5.74, 6) is 1.58. The van der Waals surface area contributed by atoms with Crippen molar-refractivity contribution in [3.8, 4) is 11.6 Å². The maximum atomic E-state index is 5.68. The molecule has 0 spiro atoms. The molecule has 7 heteroatoms. The van der Waals surface area contributed by atoms with Crippen molar-refractivity contribution in [3.05, 3.63) is 52.5 Å². The molecule has 0 unspecified atom stereocenters. The third kappa shape index (κ3) is 4.70. The summed E-state index contributed by atoms with van der Waals surface area (Å²) in [4.78, 5) is 4.82. The van der Waals surface area contributed by atoms with Crippen LogP contribution in [0.25, 0.3) is 11.6 Å². The molecule has 0 aliphatic carbocycles. The molecule has 0 aliphatic heterocycles. The van der Waals surface area contributed by atoms with Crippen molar-refractivity contribution in [2.45, 2.75) is 54.6 Å². The van der Waals surface area contributed by atoms with Crippen molar-refractivity contribution in [2.75, 3.05) is 0 Å². The number of nitrogens with zero attached hydrogens (tertiary/aromatic N) is 5. The lowest BCUT2D eigenvalue weighted by Crippen LogP contribution is -2.15. The molecule has 0 radical (unpaired) electrons. The monoisotopic (exact) mass is 415 g/mol. The van der Waals surface area contributed by atoms with Gasteiger partial charge in [-0.1, -0.05) is 47.6 Å². The zero-order valence-electron chi connectivity index (χ0n) is 17.5. The van der Waals surface area contributed by atoms with E-state index in [1.54, 1.807) is 0 Å². The highest BCUT2D eigenvalue weighted by molar-refractivity contribution is 7.71. The summed E-state index contributed by atoms with van der Waals surface area (Å²) in [7, 11) is 0. The Morgan fingerprint density at radius 2 is 1.11 bits per heavy atom. The molecule has 3 heterocycles. The van der Waals surface area contributed by atoms with Gasteiger partial charge >= 0.3 is 0 Å². The van der Waals surface area contributed by atoms with Crippen LogP contribution in [-0.4, -0.2) is 23.3 Å². The third-order valence-corrected chi connectivity index (χ3v) is 5.06. The van der Waals surface area contributed by atoms with Gasteiger partial charge in [0.2, 0.25) is 0 Å². The zero-order valence-corrected chi connectivity index (χ0v) is 19.1. The first-order chi connectivity index (χ1) is 12.9. The van der Waals surface area contributed by atoms with Crippen LogP contribution in [-0.2, 0) is 13.1 Å². The van der Waals surface area contributed by atoms with E-state index >= 15 is 0 Å². The molecule has 0 saturated carbocycles. The summed E-state index contributed by atoms with van der Waals surface area (Å²) in [5.41, 5.74) is 0.311. The molecule has 0 aliphatic rings. The van der Waals surface area contributed by atoms with Crippen LogP contribution in [0.2, 0.25) is 0 Å². The summed E-state index contributed by atoms with van der Waals surface area (Å²) in [6.45, 7) is 14.9. The summed E-state index contributed by atoms with van der Waals surface area (Å²) in [5, 5.41) is 0. The molecule has 0 N–H and O–H groups in total. The van der Waals surface area contributed by atoms with E-state index < -0.39 is 0 Å². The Morgan fingerprint density at radius 1 is 0.714 bits per heavy atom. The maximum absolute atomic E-state index is 5.68. The van der Waals surface area contributed by atoms with Crippen molar-refractivity contribution in [3.63, 3.8) is 0 Å². The molecule has 5 nitrogen and oxygen atoms in total. The number of pyridine rings is 1. The van der Waals surface area contributed by atoms with E-state index in [0.717, 1.165) is 34.3 Å². The second-order valence-corrected chi connectivity index (χ2v) is 10.4. The van der Waals surface area contributed by atoms with Crippen LogP contribution in [0.15, 0.2) is 43.0 Å². The molecule has 3 aromatic heterocycles. The van der Waals surface area contributed by atoms with Crippen LogP contribution in [0.3, 0.4) is 0 Å². The van der Waals surface area contributed by atoms with E-state index in [4.69, 9.17) is 29.4 Å². The second kappa shape index (κ2) is 7.44. The van der Waals surface area contributed by atoms with Gasteiger partial charge < -0.3 is 9.13 Å². The van der Waals surface area contributed by atoms with Crippen LogP contribution in [0.5, 0.6) is 0 Å². The Hall–Kier alpha value is -1.99. The molecular formula is C21H29N5S2. The van der Waals surface area contributed by atoms with Crippen molar-refractivity contribution >= 4 is 24.4 Å². The molecule has 0 fully saturated rings. The van der Waals surface area contributed by atoms with Crippen LogP contribution in [0.1, 0.15) is 41.5 Å². The fourth-order valence-electron chi connectivity index (χ4n) is 3.12. The lowest BCUT2D eigenvalue weighted by atomic mass is 9.97. The highest BCUT2D eigenvalue weighted by Crippen LogP contribution is 2.20. The highest BCUT2D eigenvalue weighted by Gasteiger charge is 2.15. The van der Waals surface area contributed by atoms with Gasteiger partial charge in [0.25, 0.3) is 0 Å². The smallest absolute Gasteiger partial charge is 0.185 e. The minimum Gasteiger partial charge on any atom is -0.323 e. The largest absolute Gasteiger partial charge is 0.323 e. The zero-order chi connectivity index (χ0) is 20.7. The van der Waals surface area contributed by atoms with E-state index in [-0.39, 0.29) is 10.8 Å². The minimum atomic E-state index is 0.155. The van der Waals surface area contributed by atoms with Crippen LogP contribution in [0, 0.1) is 20.4 Å². The van der Waals surface area contributed by atoms with Crippen LogP contribution >= 0.6 is 24.4 Å². The van der Waals surface area contributed by atoms with Crippen molar-refractivity contribution in [2.24, 2.45) is 10.8 Å². The first-order valence-electron chi connectivity index (χ1n) is 9.48. The first-order valence-corrected chi connectivity index (χ1v) is 10.3. The number of aromatic nitrogens is 5. The van der Waals surface area contributed by atoms with Crippen molar-refractivity contribution < 1.29 is 0 Å². The average molecular weight is 416 g/mol. The van der Waals surface area contributed by atoms with Crippen molar-refractivity contribution in [1.29, 1.82) is 0 Å². The van der Waals surface area contributed by atoms with Gasteiger partial charge in [-0.15, -0.1) is 0 Å². The number of imidazole rings is 2. The van der Waals surface area contributed by atoms with E-state index in [1.165, 1.54) is 0 Å². The van der Waals surface area contributed by atoms with Gasteiger partial charge in [-0.3, -0.25) is 9.13 Å². The summed E-state index contributed by atoms with van der Waals surface area (Å²) < 4.78 is 9.56. The second-order valence-electron chi connectivity index (χ2n) is 9.63. The molecule has 3 rings (SSSR count). The molecule has 150 valence electrons. The predicted molar refractivity (Wildman–Crippen MR) is 119 cm³/mol. The summed E-state index contributed by atoms with van der Waals surface area (Å²) in [6.07, 6.45) is 8.00. The van der Waals surface area contributed by atoms with E-state index in [2.05, 4.69) is 50.7 Å². The van der Waals surface area contributed by atoms with Crippen molar-refractivity contribution in [1.82, 2.24) is 23.3 Å². The fraction of sp³-hybridized carbons (Fsp3) is 0.476. The Kier molecular flexibility index (Phi) is 5.51. The predicted octanol–water partition coefficient (Wildman–Crippen LogP) is 5.82. The van der Waals surface area contributed by atoms with Gasteiger partial charge in [0, 0.05) is 37.9 Å². The Morgan fingerprint density at radius 3 is 1.46 bits per heavy atom. The van der Waals surface area contributed by atoms with Crippen LogP contribution in [0.4, 0.5) is 0 Å². The Labute approximate surface area is 177 Å². The quantitative estimate of drug-likeness (QED) is 0.504. The maximum Gasteiger partial charge on any atom is 0.185 e. The van der Waals surface area contributed by atoms with Crippen LogP contribution < -0.4 is 0 Å². The minimum absolute atomic E-state index is 0.155. The SMILES string of the molecule is CC(C)(C)Cn1ccn(-c2cccc(-n3ccn(CC(C)(C)C)c3=S)n2)c1=S. The third-order valence-electron chi connectivity index (χ3n) is 4.20.